The molecule has 2 rings (SSSR count). The van der Waals surface area contributed by atoms with Crippen molar-refractivity contribution in [3.63, 3.8) is 0 Å². The second kappa shape index (κ2) is 6.53. The molecule has 0 aliphatic rings. The normalized spacial score (nSPS) is 10.8. The van der Waals surface area contributed by atoms with Crippen molar-refractivity contribution in [3.8, 4) is 6.07 Å². The van der Waals surface area contributed by atoms with Gasteiger partial charge in [0.05, 0.1) is 0 Å². The van der Waals surface area contributed by atoms with Gasteiger partial charge in [-0.05, 0) is 36.6 Å². The summed E-state index contributed by atoms with van der Waals surface area (Å²) in [7, 11) is 0. The highest BCUT2D eigenvalue weighted by Gasteiger charge is 2.12. The molecule has 0 atom stereocenters. The van der Waals surface area contributed by atoms with Crippen LogP contribution < -0.4 is 5.32 Å². The number of anilines is 1. The maximum absolute atomic E-state index is 12.3. The summed E-state index contributed by atoms with van der Waals surface area (Å²) in [6.07, 6.45) is 1.59. The van der Waals surface area contributed by atoms with Crippen LogP contribution in [0.2, 0.25) is 0 Å². The number of hydrogen-bond acceptors (Lipinski definition) is 2. The van der Waals surface area contributed by atoms with E-state index < -0.39 is 5.91 Å². The average Bonchev–Trinajstić information content (AvgIpc) is 2.49. The summed E-state index contributed by atoms with van der Waals surface area (Å²) in [5.41, 5.74) is 3.62. The molecule has 0 radical (unpaired) electrons. The highest BCUT2D eigenvalue weighted by molar-refractivity contribution is 6.10. The van der Waals surface area contributed by atoms with Crippen LogP contribution in [0.15, 0.2) is 54.1 Å². The maximum atomic E-state index is 12.3. The number of benzene rings is 2. The number of aryl methyl sites for hydroxylation is 2. The molecular formula is C18H16N2O. The molecule has 1 amide bonds. The lowest BCUT2D eigenvalue weighted by Crippen LogP contribution is -2.15. The summed E-state index contributed by atoms with van der Waals surface area (Å²) in [5, 5.41) is 12.0. The molecule has 104 valence electrons. The van der Waals surface area contributed by atoms with Gasteiger partial charge in [-0.1, -0.05) is 48.5 Å². The van der Waals surface area contributed by atoms with Crippen LogP contribution in [0.5, 0.6) is 0 Å². The molecule has 0 fully saturated rings. The molecule has 2 aromatic rings. The third-order valence-corrected chi connectivity index (χ3v) is 3.20. The van der Waals surface area contributed by atoms with Crippen molar-refractivity contribution in [2.45, 2.75) is 13.8 Å². The van der Waals surface area contributed by atoms with E-state index in [0.29, 0.717) is 0 Å². The molecule has 0 spiro atoms. The van der Waals surface area contributed by atoms with Crippen LogP contribution in [0.4, 0.5) is 5.69 Å². The second-order valence-electron chi connectivity index (χ2n) is 4.80. The summed E-state index contributed by atoms with van der Waals surface area (Å²) >= 11 is 0. The predicted octanol–water partition coefficient (Wildman–Crippen LogP) is 3.85. The van der Waals surface area contributed by atoms with Gasteiger partial charge in [0.15, 0.2) is 0 Å². The van der Waals surface area contributed by atoms with Gasteiger partial charge in [0, 0.05) is 5.69 Å². The monoisotopic (exact) mass is 276 g/mol. The summed E-state index contributed by atoms with van der Waals surface area (Å²) in [5.74, 6) is -0.390. The van der Waals surface area contributed by atoms with Crippen LogP contribution in [0.3, 0.4) is 0 Å². The fourth-order valence-electron chi connectivity index (χ4n) is 2.06. The van der Waals surface area contributed by atoms with E-state index in [1.54, 1.807) is 6.08 Å². The van der Waals surface area contributed by atoms with E-state index in [-0.39, 0.29) is 5.57 Å². The lowest BCUT2D eigenvalue weighted by Gasteiger charge is -2.10. The van der Waals surface area contributed by atoms with Crippen molar-refractivity contribution in [1.29, 1.82) is 5.26 Å². The zero-order valence-corrected chi connectivity index (χ0v) is 12.1. The number of carbonyl (C=O) groups excluding carboxylic acids is 1. The van der Waals surface area contributed by atoms with Gasteiger partial charge < -0.3 is 5.32 Å². The van der Waals surface area contributed by atoms with Gasteiger partial charge in [-0.15, -0.1) is 0 Å². The predicted molar refractivity (Wildman–Crippen MR) is 84.6 cm³/mol. The Morgan fingerprint density at radius 3 is 2.24 bits per heavy atom. The number of carbonyl (C=O) groups is 1. The molecule has 3 heteroatoms. The third-order valence-electron chi connectivity index (χ3n) is 3.20. The average molecular weight is 276 g/mol. The molecule has 0 bridgehead atoms. The number of para-hydroxylation sites is 1. The second-order valence-corrected chi connectivity index (χ2v) is 4.80. The van der Waals surface area contributed by atoms with Crippen LogP contribution in [-0.4, -0.2) is 5.91 Å². The molecule has 0 aliphatic heterocycles. The molecular weight excluding hydrogens is 260 g/mol. The van der Waals surface area contributed by atoms with Crippen LogP contribution in [0, 0.1) is 25.2 Å². The van der Waals surface area contributed by atoms with E-state index in [9.17, 15) is 10.1 Å². The maximum Gasteiger partial charge on any atom is 0.266 e. The van der Waals surface area contributed by atoms with E-state index >= 15 is 0 Å². The van der Waals surface area contributed by atoms with Crippen molar-refractivity contribution in [2.24, 2.45) is 0 Å². The Bertz CT molecular complexity index is 704. The Hall–Kier alpha value is -2.86. The van der Waals surface area contributed by atoms with Gasteiger partial charge in [-0.2, -0.15) is 5.26 Å². The molecule has 1 N–H and O–H groups in total. The summed E-state index contributed by atoms with van der Waals surface area (Å²) < 4.78 is 0. The van der Waals surface area contributed by atoms with Crippen LogP contribution >= 0.6 is 0 Å². The lowest BCUT2D eigenvalue weighted by molar-refractivity contribution is -0.112. The fraction of sp³-hybridized carbons (Fsp3) is 0.111. The van der Waals surface area contributed by atoms with Gasteiger partial charge in [-0.3, -0.25) is 4.79 Å². The van der Waals surface area contributed by atoms with E-state index in [2.05, 4.69) is 5.32 Å². The van der Waals surface area contributed by atoms with Crippen LogP contribution in [-0.2, 0) is 4.79 Å². The highest BCUT2D eigenvalue weighted by Crippen LogP contribution is 2.20. The van der Waals surface area contributed by atoms with Gasteiger partial charge >= 0.3 is 0 Å². The van der Waals surface area contributed by atoms with Crippen molar-refractivity contribution in [2.75, 3.05) is 5.32 Å². The molecule has 0 unspecified atom stereocenters. The fourth-order valence-corrected chi connectivity index (χ4v) is 2.06. The molecule has 0 saturated heterocycles. The van der Waals surface area contributed by atoms with Gasteiger partial charge in [0.2, 0.25) is 0 Å². The van der Waals surface area contributed by atoms with Gasteiger partial charge in [0.25, 0.3) is 5.91 Å². The lowest BCUT2D eigenvalue weighted by atomic mass is 10.1. The Morgan fingerprint density at radius 1 is 1.05 bits per heavy atom. The Morgan fingerprint density at radius 2 is 1.67 bits per heavy atom. The first-order valence-corrected chi connectivity index (χ1v) is 6.66. The Labute approximate surface area is 124 Å². The first kappa shape index (κ1) is 14.5. The van der Waals surface area contributed by atoms with Gasteiger partial charge in [0.1, 0.15) is 11.6 Å². The van der Waals surface area contributed by atoms with Crippen molar-refractivity contribution in [1.82, 2.24) is 0 Å². The number of nitriles is 1. The van der Waals surface area contributed by atoms with Crippen molar-refractivity contribution in [3.05, 3.63) is 70.8 Å². The van der Waals surface area contributed by atoms with E-state index in [0.717, 1.165) is 22.4 Å². The number of nitrogens with one attached hydrogen (secondary N) is 1. The number of amides is 1. The smallest absolute Gasteiger partial charge is 0.266 e. The first-order valence-electron chi connectivity index (χ1n) is 6.66. The largest absolute Gasteiger partial charge is 0.321 e. The topological polar surface area (TPSA) is 52.9 Å². The Kier molecular flexibility index (Phi) is 4.53. The highest BCUT2D eigenvalue weighted by atomic mass is 16.1. The minimum absolute atomic E-state index is 0.0869. The van der Waals surface area contributed by atoms with E-state index in [1.807, 2.05) is 68.4 Å². The standard InChI is InChI=1S/C18H16N2O/c1-13-7-6-8-14(2)17(13)20-18(21)16(12-19)11-15-9-4-3-5-10-15/h3-11H,1-2H3,(H,20,21)/b16-11+. The SMILES string of the molecule is Cc1cccc(C)c1NC(=O)/C(C#N)=C/c1ccccc1. The zero-order chi connectivity index (χ0) is 15.2. The summed E-state index contributed by atoms with van der Waals surface area (Å²) in [6.45, 7) is 3.85. The molecule has 21 heavy (non-hydrogen) atoms. The number of rotatable bonds is 3. The molecule has 2 aromatic carbocycles. The Balaban J connectivity index is 2.27. The molecule has 0 aromatic heterocycles. The van der Waals surface area contributed by atoms with Crippen molar-refractivity contribution >= 4 is 17.7 Å². The molecule has 0 aliphatic carbocycles. The van der Waals surface area contributed by atoms with Crippen molar-refractivity contribution < 1.29 is 4.79 Å². The summed E-state index contributed by atoms with van der Waals surface area (Å²) in [6, 6.07) is 17.1. The quantitative estimate of drug-likeness (QED) is 0.684. The van der Waals surface area contributed by atoms with E-state index in [1.165, 1.54) is 0 Å². The van der Waals surface area contributed by atoms with Crippen LogP contribution in [0.1, 0.15) is 16.7 Å². The first-order chi connectivity index (χ1) is 10.1. The number of hydrogen-bond donors (Lipinski definition) is 1. The molecule has 0 heterocycles. The van der Waals surface area contributed by atoms with Gasteiger partial charge in [-0.25, -0.2) is 0 Å². The van der Waals surface area contributed by atoms with Crippen LogP contribution in [0.25, 0.3) is 6.08 Å². The summed E-state index contributed by atoms with van der Waals surface area (Å²) in [4.78, 5) is 12.3. The minimum atomic E-state index is -0.390. The number of nitrogens with zero attached hydrogens (tertiary/aromatic N) is 1. The third kappa shape index (κ3) is 3.58. The van der Waals surface area contributed by atoms with E-state index in [4.69, 9.17) is 0 Å². The molecule has 0 saturated carbocycles. The molecule has 3 nitrogen and oxygen atoms in total. The minimum Gasteiger partial charge on any atom is -0.321 e. The zero-order valence-electron chi connectivity index (χ0n) is 12.1.